The molecule has 1 saturated carbocycles. The number of sulfonamides is 1. The SMILES string of the molecule is Cc1nc(S(=O)(=O)NC2CC(N)C2(C)C)cn1C. The third-order valence-corrected chi connectivity index (χ3v) is 5.34. The van der Waals surface area contributed by atoms with Crippen LogP contribution in [0.25, 0.3) is 0 Å². The van der Waals surface area contributed by atoms with Gasteiger partial charge < -0.3 is 10.3 Å². The van der Waals surface area contributed by atoms with Crippen LogP contribution in [0.5, 0.6) is 0 Å². The molecule has 0 aromatic carbocycles. The number of nitrogens with two attached hydrogens (primary N) is 1. The van der Waals surface area contributed by atoms with Crippen LogP contribution in [0, 0.1) is 12.3 Å². The molecule has 0 aliphatic heterocycles. The molecular weight excluding hydrogens is 252 g/mol. The van der Waals surface area contributed by atoms with Gasteiger partial charge in [0.25, 0.3) is 10.0 Å². The van der Waals surface area contributed by atoms with E-state index < -0.39 is 10.0 Å². The molecule has 18 heavy (non-hydrogen) atoms. The van der Waals surface area contributed by atoms with E-state index in [1.165, 1.54) is 6.20 Å². The Bertz CT molecular complexity index is 542. The summed E-state index contributed by atoms with van der Waals surface area (Å²) in [6, 6.07) is -0.0875. The minimum Gasteiger partial charge on any atom is -0.337 e. The Labute approximate surface area is 108 Å². The summed E-state index contributed by atoms with van der Waals surface area (Å²) in [7, 11) is -1.79. The summed E-state index contributed by atoms with van der Waals surface area (Å²) < 4.78 is 28.7. The van der Waals surface area contributed by atoms with E-state index in [9.17, 15) is 8.42 Å². The lowest BCUT2D eigenvalue weighted by Gasteiger charge is -2.50. The highest BCUT2D eigenvalue weighted by Gasteiger charge is 2.47. The number of imidazole rings is 1. The zero-order chi connectivity index (χ0) is 13.7. The second-order valence-corrected chi connectivity index (χ2v) is 7.24. The topological polar surface area (TPSA) is 90.0 Å². The average molecular weight is 272 g/mol. The summed E-state index contributed by atoms with van der Waals surface area (Å²) in [4.78, 5) is 4.04. The first-order valence-electron chi connectivity index (χ1n) is 5.92. The van der Waals surface area contributed by atoms with Crippen molar-refractivity contribution < 1.29 is 8.42 Å². The molecule has 1 aromatic heterocycles. The van der Waals surface area contributed by atoms with Gasteiger partial charge in [-0.05, 0) is 18.8 Å². The lowest BCUT2D eigenvalue weighted by atomic mass is 9.64. The zero-order valence-electron chi connectivity index (χ0n) is 11.1. The van der Waals surface area contributed by atoms with Crippen LogP contribution < -0.4 is 10.5 Å². The minimum absolute atomic E-state index is 0.0377. The highest BCUT2D eigenvalue weighted by atomic mass is 32.2. The average Bonchev–Trinajstić information content (AvgIpc) is 2.59. The molecule has 2 atom stereocenters. The Hall–Kier alpha value is -0.920. The molecule has 1 aliphatic rings. The molecule has 1 aliphatic carbocycles. The van der Waals surface area contributed by atoms with Crippen LogP contribution in [0.3, 0.4) is 0 Å². The van der Waals surface area contributed by atoms with Crippen LogP contribution in [0.15, 0.2) is 11.2 Å². The van der Waals surface area contributed by atoms with Crippen molar-refractivity contribution in [3.8, 4) is 0 Å². The number of aryl methyl sites for hydroxylation is 2. The molecule has 0 spiro atoms. The largest absolute Gasteiger partial charge is 0.337 e. The maximum atomic E-state index is 12.2. The Kier molecular flexibility index (Phi) is 3.03. The molecule has 0 saturated heterocycles. The number of nitrogens with zero attached hydrogens (tertiary/aromatic N) is 2. The van der Waals surface area contributed by atoms with E-state index in [1.807, 2.05) is 13.8 Å². The monoisotopic (exact) mass is 272 g/mol. The Balaban J connectivity index is 2.19. The number of hydrogen-bond donors (Lipinski definition) is 2. The smallest absolute Gasteiger partial charge is 0.259 e. The first kappa shape index (κ1) is 13.5. The van der Waals surface area contributed by atoms with Gasteiger partial charge in [-0.25, -0.2) is 18.1 Å². The second kappa shape index (κ2) is 4.04. The normalized spacial score (nSPS) is 26.9. The zero-order valence-corrected chi connectivity index (χ0v) is 12.0. The second-order valence-electron chi connectivity index (χ2n) is 5.57. The summed E-state index contributed by atoms with van der Waals surface area (Å²) in [6.07, 6.45) is 2.18. The molecule has 2 rings (SSSR count). The van der Waals surface area contributed by atoms with Gasteiger partial charge in [0.2, 0.25) is 0 Å². The van der Waals surface area contributed by atoms with Crippen molar-refractivity contribution in [3.05, 3.63) is 12.0 Å². The number of nitrogens with one attached hydrogen (secondary N) is 1. The molecule has 6 nitrogen and oxygen atoms in total. The predicted molar refractivity (Wildman–Crippen MR) is 68.4 cm³/mol. The molecule has 0 radical (unpaired) electrons. The van der Waals surface area contributed by atoms with E-state index in [2.05, 4.69) is 9.71 Å². The van der Waals surface area contributed by atoms with Gasteiger partial charge >= 0.3 is 0 Å². The molecule has 2 unspecified atom stereocenters. The van der Waals surface area contributed by atoms with Gasteiger partial charge in [0.15, 0.2) is 5.03 Å². The van der Waals surface area contributed by atoms with Crippen molar-refractivity contribution in [1.82, 2.24) is 14.3 Å². The van der Waals surface area contributed by atoms with Crippen LogP contribution >= 0.6 is 0 Å². The third-order valence-electron chi connectivity index (χ3n) is 4.00. The minimum atomic E-state index is -3.55. The lowest BCUT2D eigenvalue weighted by Crippen LogP contribution is -2.64. The Morgan fingerprint density at radius 3 is 2.56 bits per heavy atom. The number of rotatable bonds is 3. The van der Waals surface area contributed by atoms with Gasteiger partial charge in [-0.3, -0.25) is 0 Å². The van der Waals surface area contributed by atoms with Crippen LogP contribution in [-0.4, -0.2) is 30.1 Å². The van der Waals surface area contributed by atoms with E-state index in [4.69, 9.17) is 5.73 Å². The standard InChI is InChI=1S/C11H20N4O2S/c1-7-13-10(6-15(7)4)18(16,17)14-9-5-8(12)11(9,2)3/h6,8-9,14H,5,12H2,1-4H3. The maximum absolute atomic E-state index is 12.2. The molecule has 102 valence electrons. The number of aromatic nitrogens is 2. The summed E-state index contributed by atoms with van der Waals surface area (Å²) in [5.41, 5.74) is 5.67. The molecule has 0 amide bonds. The van der Waals surface area contributed by atoms with E-state index in [-0.39, 0.29) is 22.5 Å². The van der Waals surface area contributed by atoms with E-state index in [0.29, 0.717) is 12.2 Å². The first-order chi connectivity index (χ1) is 8.14. The van der Waals surface area contributed by atoms with Gasteiger partial charge in [0.05, 0.1) is 0 Å². The van der Waals surface area contributed by atoms with Crippen LogP contribution in [0.2, 0.25) is 0 Å². The molecule has 0 bridgehead atoms. The predicted octanol–water partition coefficient (Wildman–Crippen LogP) is 0.133. The Morgan fingerprint density at radius 1 is 1.56 bits per heavy atom. The summed E-state index contributed by atoms with van der Waals surface area (Å²) in [5.74, 6) is 0.667. The fraction of sp³-hybridized carbons (Fsp3) is 0.727. The molecule has 7 heteroatoms. The first-order valence-corrected chi connectivity index (χ1v) is 7.41. The van der Waals surface area contributed by atoms with Crippen LogP contribution in [-0.2, 0) is 17.1 Å². The molecular formula is C11H20N4O2S. The van der Waals surface area contributed by atoms with Crippen LogP contribution in [0.1, 0.15) is 26.1 Å². The molecule has 1 heterocycles. The van der Waals surface area contributed by atoms with Gasteiger partial charge in [-0.2, -0.15) is 0 Å². The maximum Gasteiger partial charge on any atom is 0.259 e. The van der Waals surface area contributed by atoms with Crippen molar-refractivity contribution in [1.29, 1.82) is 0 Å². The number of hydrogen-bond acceptors (Lipinski definition) is 4. The Morgan fingerprint density at radius 2 is 2.17 bits per heavy atom. The van der Waals surface area contributed by atoms with Gasteiger partial charge in [0.1, 0.15) is 5.82 Å². The van der Waals surface area contributed by atoms with Gasteiger partial charge in [0, 0.05) is 25.3 Å². The summed E-state index contributed by atoms with van der Waals surface area (Å²) in [6.45, 7) is 5.71. The van der Waals surface area contributed by atoms with Crippen molar-refractivity contribution >= 4 is 10.0 Å². The lowest BCUT2D eigenvalue weighted by molar-refractivity contribution is 0.0903. The quantitative estimate of drug-likeness (QED) is 0.818. The third kappa shape index (κ3) is 2.06. The van der Waals surface area contributed by atoms with Crippen LogP contribution in [0.4, 0.5) is 0 Å². The fourth-order valence-electron chi connectivity index (χ4n) is 2.06. The molecule has 3 N–H and O–H groups in total. The summed E-state index contributed by atoms with van der Waals surface area (Å²) in [5, 5.41) is 0.0683. The van der Waals surface area contributed by atoms with E-state index >= 15 is 0 Å². The van der Waals surface area contributed by atoms with E-state index in [0.717, 1.165) is 0 Å². The van der Waals surface area contributed by atoms with Crippen molar-refractivity contribution in [2.45, 2.75) is 44.3 Å². The van der Waals surface area contributed by atoms with Gasteiger partial charge in [-0.15, -0.1) is 0 Å². The van der Waals surface area contributed by atoms with E-state index in [1.54, 1.807) is 18.5 Å². The van der Waals surface area contributed by atoms with Gasteiger partial charge in [-0.1, -0.05) is 13.8 Å². The fourth-order valence-corrected chi connectivity index (χ4v) is 3.51. The van der Waals surface area contributed by atoms with Crippen molar-refractivity contribution in [3.63, 3.8) is 0 Å². The highest BCUT2D eigenvalue weighted by molar-refractivity contribution is 7.89. The van der Waals surface area contributed by atoms with Crippen molar-refractivity contribution in [2.24, 2.45) is 18.2 Å². The van der Waals surface area contributed by atoms with Crippen molar-refractivity contribution in [2.75, 3.05) is 0 Å². The summed E-state index contributed by atoms with van der Waals surface area (Å²) >= 11 is 0. The molecule has 1 fully saturated rings. The highest BCUT2D eigenvalue weighted by Crippen LogP contribution is 2.39. The molecule has 1 aromatic rings.